The first-order valence-electron chi connectivity index (χ1n) is 27.6. The van der Waals surface area contributed by atoms with Crippen molar-refractivity contribution in [3.8, 4) is 0 Å². The molecule has 1 atom stereocenters. The Morgan fingerprint density at radius 1 is 0.312 bits per heavy atom. The topological polar surface area (TPSA) is 78.9 Å². The highest BCUT2D eigenvalue weighted by atomic mass is 16.6. The van der Waals surface area contributed by atoms with E-state index in [1.807, 2.05) is 0 Å². The average Bonchev–Trinajstić information content (AvgIpc) is 3.29. The maximum absolute atomic E-state index is 12.8. The SMILES string of the molecule is CCCC/C=C\C/C=C\CCCCCCCC(=O)OC[C@H](COC(=O)CCCCCCCCC/C=C\CCCCCCCC)OC(=O)CCCCCCC/C=C\CCCCCCCC. The average molecular weight is 897 g/mol. The molecule has 0 spiro atoms. The smallest absolute Gasteiger partial charge is 0.306 e. The maximum Gasteiger partial charge on any atom is 0.306 e. The number of esters is 3. The molecule has 0 saturated carbocycles. The van der Waals surface area contributed by atoms with E-state index in [0.29, 0.717) is 19.3 Å². The van der Waals surface area contributed by atoms with Gasteiger partial charge in [-0.25, -0.2) is 0 Å². The number of rotatable bonds is 50. The van der Waals surface area contributed by atoms with Gasteiger partial charge in [0.25, 0.3) is 0 Å². The normalized spacial score (nSPS) is 12.4. The molecule has 0 aromatic carbocycles. The van der Waals surface area contributed by atoms with Crippen molar-refractivity contribution in [2.45, 2.75) is 290 Å². The highest BCUT2D eigenvalue weighted by molar-refractivity contribution is 5.71. The molecule has 0 aromatic heterocycles. The van der Waals surface area contributed by atoms with Gasteiger partial charge in [0, 0.05) is 19.3 Å². The van der Waals surface area contributed by atoms with Gasteiger partial charge >= 0.3 is 17.9 Å². The predicted molar refractivity (Wildman–Crippen MR) is 275 cm³/mol. The monoisotopic (exact) mass is 897 g/mol. The molecular formula is C58H104O6. The Hall–Kier alpha value is -2.63. The lowest BCUT2D eigenvalue weighted by Crippen LogP contribution is -2.30. The van der Waals surface area contributed by atoms with Crippen LogP contribution in [-0.2, 0) is 28.6 Å². The van der Waals surface area contributed by atoms with Crippen LogP contribution in [0.1, 0.15) is 284 Å². The lowest BCUT2D eigenvalue weighted by Gasteiger charge is -2.18. The van der Waals surface area contributed by atoms with E-state index in [2.05, 4.69) is 69.4 Å². The molecule has 0 fully saturated rings. The number of unbranched alkanes of at least 4 members (excludes halogenated alkanes) is 31. The van der Waals surface area contributed by atoms with Gasteiger partial charge in [-0.15, -0.1) is 0 Å². The highest BCUT2D eigenvalue weighted by Gasteiger charge is 2.19. The second kappa shape index (κ2) is 53.0. The molecule has 6 nitrogen and oxygen atoms in total. The van der Waals surface area contributed by atoms with Crippen LogP contribution in [-0.4, -0.2) is 37.2 Å². The molecular weight excluding hydrogens is 793 g/mol. The fourth-order valence-corrected chi connectivity index (χ4v) is 7.80. The van der Waals surface area contributed by atoms with E-state index in [-0.39, 0.29) is 31.1 Å². The Morgan fingerprint density at radius 2 is 0.578 bits per heavy atom. The molecule has 0 unspecified atom stereocenters. The Balaban J connectivity index is 4.39. The third-order valence-corrected chi connectivity index (χ3v) is 12.0. The number of hydrogen-bond donors (Lipinski definition) is 0. The minimum Gasteiger partial charge on any atom is -0.462 e. The second-order valence-electron chi connectivity index (χ2n) is 18.5. The van der Waals surface area contributed by atoms with Crippen LogP contribution in [0.5, 0.6) is 0 Å². The van der Waals surface area contributed by atoms with Crippen LogP contribution in [0.2, 0.25) is 0 Å². The minimum atomic E-state index is -0.784. The number of carbonyl (C=O) groups excluding carboxylic acids is 3. The number of ether oxygens (including phenoxy) is 3. The summed E-state index contributed by atoms with van der Waals surface area (Å²) in [6.45, 7) is 6.59. The van der Waals surface area contributed by atoms with Gasteiger partial charge in [0.05, 0.1) is 0 Å². The van der Waals surface area contributed by atoms with Crippen LogP contribution >= 0.6 is 0 Å². The molecule has 0 aromatic rings. The van der Waals surface area contributed by atoms with Crippen LogP contribution < -0.4 is 0 Å². The van der Waals surface area contributed by atoms with Gasteiger partial charge < -0.3 is 14.2 Å². The van der Waals surface area contributed by atoms with Gasteiger partial charge in [0.1, 0.15) is 13.2 Å². The van der Waals surface area contributed by atoms with E-state index in [1.165, 1.54) is 154 Å². The zero-order valence-electron chi connectivity index (χ0n) is 42.6. The molecule has 64 heavy (non-hydrogen) atoms. The molecule has 0 aliphatic rings. The largest absolute Gasteiger partial charge is 0.462 e. The van der Waals surface area contributed by atoms with Crippen molar-refractivity contribution in [3.05, 3.63) is 48.6 Å². The summed E-state index contributed by atoms with van der Waals surface area (Å²) < 4.78 is 16.8. The Labute approximate surface area is 397 Å². The molecule has 0 rings (SSSR count). The zero-order valence-corrected chi connectivity index (χ0v) is 42.6. The molecule has 6 heteroatoms. The van der Waals surface area contributed by atoms with Crippen LogP contribution in [0.3, 0.4) is 0 Å². The molecule has 0 heterocycles. The van der Waals surface area contributed by atoms with Gasteiger partial charge in [-0.1, -0.05) is 217 Å². The standard InChI is InChI=1S/C58H104O6/c1-4-7-10-13-16-19-22-25-28-29-31-33-36-39-42-45-48-51-57(60)63-54-55(53-62-56(59)50-47-44-41-38-35-32-27-24-21-18-15-12-9-6-3)64-58(61)52-49-46-43-40-37-34-30-26-23-20-17-14-11-8-5-2/h15,18,24-28,30,55H,4-14,16-17,19-23,29,31-54H2,1-3H3/b18-15-,27-24-,28-25-,30-26-/t55-/m1/s1. The fraction of sp³-hybridized carbons (Fsp3) is 0.810. The Bertz CT molecular complexity index is 1120. The maximum atomic E-state index is 12.8. The lowest BCUT2D eigenvalue weighted by atomic mass is 10.1. The highest BCUT2D eigenvalue weighted by Crippen LogP contribution is 2.15. The number of allylic oxidation sites excluding steroid dienone is 8. The summed E-state index contributed by atoms with van der Waals surface area (Å²) in [4.78, 5) is 38.1. The van der Waals surface area contributed by atoms with Gasteiger partial charge in [0.15, 0.2) is 6.10 Å². The van der Waals surface area contributed by atoms with Crippen LogP contribution in [0.25, 0.3) is 0 Å². The van der Waals surface area contributed by atoms with E-state index >= 15 is 0 Å². The van der Waals surface area contributed by atoms with Crippen molar-refractivity contribution in [2.24, 2.45) is 0 Å². The predicted octanol–water partition coefficient (Wildman–Crippen LogP) is 18.3. The first-order chi connectivity index (χ1) is 31.5. The molecule has 0 N–H and O–H groups in total. The van der Waals surface area contributed by atoms with Crippen LogP contribution in [0, 0.1) is 0 Å². The molecule has 0 aliphatic carbocycles. The Kier molecular flexibility index (Phi) is 50.8. The quantitative estimate of drug-likeness (QED) is 0.0262. The molecule has 0 bridgehead atoms. The minimum absolute atomic E-state index is 0.0821. The van der Waals surface area contributed by atoms with E-state index < -0.39 is 6.10 Å². The van der Waals surface area contributed by atoms with Crippen molar-refractivity contribution in [1.82, 2.24) is 0 Å². The third kappa shape index (κ3) is 50.4. The summed E-state index contributed by atoms with van der Waals surface area (Å²) in [6.07, 6.45) is 63.8. The lowest BCUT2D eigenvalue weighted by molar-refractivity contribution is -0.167. The summed E-state index contributed by atoms with van der Waals surface area (Å²) in [5.41, 5.74) is 0. The molecule has 0 amide bonds. The summed E-state index contributed by atoms with van der Waals surface area (Å²) in [5, 5.41) is 0. The molecule has 0 radical (unpaired) electrons. The summed E-state index contributed by atoms with van der Waals surface area (Å²) in [5.74, 6) is -0.899. The summed E-state index contributed by atoms with van der Waals surface area (Å²) in [6, 6.07) is 0. The van der Waals surface area contributed by atoms with E-state index in [0.717, 1.165) is 89.9 Å². The second-order valence-corrected chi connectivity index (χ2v) is 18.5. The first kappa shape index (κ1) is 61.4. The third-order valence-electron chi connectivity index (χ3n) is 12.0. The molecule has 372 valence electrons. The molecule has 0 saturated heterocycles. The van der Waals surface area contributed by atoms with Crippen LogP contribution in [0.15, 0.2) is 48.6 Å². The van der Waals surface area contributed by atoms with Gasteiger partial charge in [0.2, 0.25) is 0 Å². The summed E-state index contributed by atoms with van der Waals surface area (Å²) in [7, 11) is 0. The molecule has 0 aliphatic heterocycles. The van der Waals surface area contributed by atoms with Gasteiger partial charge in [-0.2, -0.15) is 0 Å². The Morgan fingerprint density at radius 3 is 0.922 bits per heavy atom. The van der Waals surface area contributed by atoms with E-state index in [1.54, 1.807) is 0 Å². The van der Waals surface area contributed by atoms with E-state index in [4.69, 9.17) is 14.2 Å². The van der Waals surface area contributed by atoms with Crippen molar-refractivity contribution >= 4 is 17.9 Å². The van der Waals surface area contributed by atoms with Crippen molar-refractivity contribution in [2.75, 3.05) is 13.2 Å². The first-order valence-corrected chi connectivity index (χ1v) is 27.6. The van der Waals surface area contributed by atoms with Crippen molar-refractivity contribution < 1.29 is 28.6 Å². The number of carbonyl (C=O) groups is 3. The van der Waals surface area contributed by atoms with Crippen molar-refractivity contribution in [3.63, 3.8) is 0 Å². The fourth-order valence-electron chi connectivity index (χ4n) is 7.80. The number of hydrogen-bond acceptors (Lipinski definition) is 6. The zero-order chi connectivity index (χ0) is 46.5. The van der Waals surface area contributed by atoms with Crippen molar-refractivity contribution in [1.29, 1.82) is 0 Å². The van der Waals surface area contributed by atoms with Crippen LogP contribution in [0.4, 0.5) is 0 Å². The summed E-state index contributed by atoms with van der Waals surface area (Å²) >= 11 is 0. The van der Waals surface area contributed by atoms with Gasteiger partial charge in [-0.05, 0) is 96.3 Å². The van der Waals surface area contributed by atoms with E-state index in [9.17, 15) is 14.4 Å². The van der Waals surface area contributed by atoms with Gasteiger partial charge in [-0.3, -0.25) is 14.4 Å².